The normalized spacial score (nSPS) is 18.6. The molecule has 0 atom stereocenters. The molecule has 0 spiro atoms. The van der Waals surface area contributed by atoms with E-state index in [4.69, 9.17) is 0 Å². The molecule has 1 rings (SSSR count). The van der Waals surface area contributed by atoms with E-state index in [1.807, 2.05) is 11.8 Å². The summed E-state index contributed by atoms with van der Waals surface area (Å²) in [5.74, 6) is 1.19. The van der Waals surface area contributed by atoms with Crippen LogP contribution >= 0.6 is 11.8 Å². The highest BCUT2D eigenvalue weighted by molar-refractivity contribution is 8.02. The van der Waals surface area contributed by atoms with E-state index in [9.17, 15) is 0 Å². The average molecular weight is 143 g/mol. The highest BCUT2D eigenvalue weighted by atomic mass is 32.2. The van der Waals surface area contributed by atoms with Gasteiger partial charge in [-0.3, -0.25) is 0 Å². The van der Waals surface area contributed by atoms with Crippen LogP contribution in [-0.4, -0.2) is 19.1 Å². The molecule has 0 aromatic rings. The zero-order valence-electron chi connectivity index (χ0n) is 5.33. The molecule has 2 nitrogen and oxygen atoms in total. The van der Waals surface area contributed by atoms with Gasteiger partial charge in [0.2, 0.25) is 0 Å². The van der Waals surface area contributed by atoms with Crippen LogP contribution in [0, 0.1) is 0 Å². The second kappa shape index (κ2) is 3.56. The minimum atomic E-state index is 1.12. The van der Waals surface area contributed by atoms with Crippen molar-refractivity contribution in [2.24, 2.45) is 5.16 Å². The first-order valence-electron chi connectivity index (χ1n) is 2.80. The molecular formula is C6H9NOS. The minimum Gasteiger partial charge on any atom is -0.399 e. The molecule has 9 heavy (non-hydrogen) atoms. The minimum absolute atomic E-state index is 1.12. The summed E-state index contributed by atoms with van der Waals surface area (Å²) in [7, 11) is 1.55. The summed E-state index contributed by atoms with van der Waals surface area (Å²) in [6.45, 7) is 0. The van der Waals surface area contributed by atoms with Crippen LogP contribution in [-0.2, 0) is 4.84 Å². The summed E-state index contributed by atoms with van der Waals surface area (Å²) in [5.41, 5.74) is 1.27. The highest BCUT2D eigenvalue weighted by Gasteiger charge is 2.00. The van der Waals surface area contributed by atoms with Crippen molar-refractivity contribution in [3.05, 3.63) is 11.0 Å². The smallest absolute Gasteiger partial charge is 0.106 e. The molecule has 0 N–H and O–H groups in total. The molecule has 0 amide bonds. The molecule has 0 fully saturated rings. The average Bonchev–Trinajstić information content (AvgIpc) is 2.34. The molecular weight excluding hydrogens is 134 g/mol. The van der Waals surface area contributed by atoms with Gasteiger partial charge in [0.15, 0.2) is 0 Å². The first kappa shape index (κ1) is 6.68. The van der Waals surface area contributed by atoms with E-state index in [1.54, 1.807) is 13.3 Å². The molecule has 0 saturated carbocycles. The molecule has 50 valence electrons. The second-order valence-electron chi connectivity index (χ2n) is 1.73. The van der Waals surface area contributed by atoms with Gasteiger partial charge in [-0.2, -0.15) is 0 Å². The maximum absolute atomic E-state index is 4.52. The van der Waals surface area contributed by atoms with E-state index in [-0.39, 0.29) is 0 Å². The molecule has 3 heteroatoms. The maximum Gasteiger partial charge on any atom is 0.106 e. The van der Waals surface area contributed by atoms with Gasteiger partial charge in [0.1, 0.15) is 7.11 Å². The third-order valence-corrected chi connectivity index (χ3v) is 1.98. The van der Waals surface area contributed by atoms with Gasteiger partial charge in [-0.05, 0) is 17.4 Å². The number of hydrogen-bond donors (Lipinski definition) is 0. The van der Waals surface area contributed by atoms with E-state index >= 15 is 0 Å². The van der Waals surface area contributed by atoms with E-state index in [0.717, 1.165) is 6.42 Å². The number of oxime groups is 1. The van der Waals surface area contributed by atoms with E-state index in [1.165, 1.54) is 11.3 Å². The summed E-state index contributed by atoms with van der Waals surface area (Å²) in [4.78, 5) is 4.52. The summed E-state index contributed by atoms with van der Waals surface area (Å²) in [6.07, 6.45) is 2.89. The van der Waals surface area contributed by atoms with E-state index < -0.39 is 0 Å². The zero-order valence-corrected chi connectivity index (χ0v) is 6.15. The van der Waals surface area contributed by atoms with E-state index in [2.05, 4.69) is 15.4 Å². The Morgan fingerprint density at radius 1 is 1.89 bits per heavy atom. The lowest BCUT2D eigenvalue weighted by atomic mass is 10.3. The third-order valence-electron chi connectivity index (χ3n) is 1.07. The maximum atomic E-state index is 4.52. The van der Waals surface area contributed by atoms with Crippen LogP contribution in [0.4, 0.5) is 0 Å². The molecule has 1 aliphatic heterocycles. The fourth-order valence-electron chi connectivity index (χ4n) is 0.617. The number of thioether (sulfide) groups is 1. The molecule has 0 aromatic carbocycles. The fraction of sp³-hybridized carbons (Fsp3) is 0.500. The van der Waals surface area contributed by atoms with Crippen molar-refractivity contribution in [1.29, 1.82) is 0 Å². The van der Waals surface area contributed by atoms with Crippen LogP contribution in [0.1, 0.15) is 6.42 Å². The molecule has 0 bridgehead atoms. The van der Waals surface area contributed by atoms with Crippen molar-refractivity contribution >= 4 is 18.0 Å². The lowest BCUT2D eigenvalue weighted by Crippen LogP contribution is -1.80. The summed E-state index contributed by atoms with van der Waals surface area (Å²) in [6, 6.07) is 0. The molecule has 0 unspecified atom stereocenters. The predicted molar refractivity (Wildman–Crippen MR) is 40.7 cm³/mol. The first-order valence-corrected chi connectivity index (χ1v) is 3.85. The SMILES string of the molecule is CON=CC1=CSCC1. The number of nitrogens with zero attached hydrogens (tertiary/aromatic N) is 1. The Morgan fingerprint density at radius 2 is 2.78 bits per heavy atom. The number of hydrogen-bond acceptors (Lipinski definition) is 3. The molecule has 0 aromatic heterocycles. The quantitative estimate of drug-likeness (QED) is 0.433. The number of rotatable bonds is 2. The lowest BCUT2D eigenvalue weighted by molar-refractivity contribution is 0.215. The van der Waals surface area contributed by atoms with Crippen molar-refractivity contribution in [3.63, 3.8) is 0 Å². The topological polar surface area (TPSA) is 21.6 Å². The Labute approximate surface area is 59.0 Å². The summed E-state index contributed by atoms with van der Waals surface area (Å²) in [5, 5.41) is 5.76. The van der Waals surface area contributed by atoms with Gasteiger partial charge in [-0.25, -0.2) is 0 Å². The van der Waals surface area contributed by atoms with Gasteiger partial charge in [-0.1, -0.05) is 5.16 Å². The first-order chi connectivity index (χ1) is 4.43. The molecule has 0 saturated heterocycles. The van der Waals surface area contributed by atoms with Crippen LogP contribution in [0.2, 0.25) is 0 Å². The Hall–Kier alpha value is -0.440. The zero-order chi connectivity index (χ0) is 6.53. The second-order valence-corrected chi connectivity index (χ2v) is 2.71. The summed E-state index contributed by atoms with van der Waals surface area (Å²) < 4.78 is 0. The molecule has 1 heterocycles. The van der Waals surface area contributed by atoms with Crippen LogP contribution in [0.3, 0.4) is 0 Å². The highest BCUT2D eigenvalue weighted by Crippen LogP contribution is 2.19. The van der Waals surface area contributed by atoms with Gasteiger partial charge in [0.05, 0.1) is 6.21 Å². The molecule has 0 radical (unpaired) electrons. The Bertz CT molecular complexity index is 142. The van der Waals surface area contributed by atoms with Crippen LogP contribution in [0.25, 0.3) is 0 Å². The van der Waals surface area contributed by atoms with E-state index in [0.29, 0.717) is 0 Å². The fourth-order valence-corrected chi connectivity index (χ4v) is 1.48. The van der Waals surface area contributed by atoms with Gasteiger partial charge in [0, 0.05) is 5.75 Å². The Balaban J connectivity index is 2.34. The van der Waals surface area contributed by atoms with Crippen LogP contribution in [0.5, 0.6) is 0 Å². The van der Waals surface area contributed by atoms with Crippen molar-refractivity contribution < 1.29 is 4.84 Å². The molecule has 0 aliphatic carbocycles. The van der Waals surface area contributed by atoms with Crippen molar-refractivity contribution in [2.75, 3.05) is 12.9 Å². The van der Waals surface area contributed by atoms with Gasteiger partial charge >= 0.3 is 0 Å². The largest absolute Gasteiger partial charge is 0.399 e. The van der Waals surface area contributed by atoms with Gasteiger partial charge in [-0.15, -0.1) is 11.8 Å². The van der Waals surface area contributed by atoms with Crippen molar-refractivity contribution in [2.45, 2.75) is 6.42 Å². The van der Waals surface area contributed by atoms with Gasteiger partial charge in [0.25, 0.3) is 0 Å². The predicted octanol–water partition coefficient (Wildman–Crippen LogP) is 1.64. The van der Waals surface area contributed by atoms with Crippen LogP contribution in [0.15, 0.2) is 16.1 Å². The number of allylic oxidation sites excluding steroid dienone is 1. The summed E-state index contributed by atoms with van der Waals surface area (Å²) >= 11 is 1.82. The molecule has 1 aliphatic rings. The Morgan fingerprint density at radius 3 is 3.33 bits per heavy atom. The lowest BCUT2D eigenvalue weighted by Gasteiger charge is -1.86. The Kier molecular flexibility index (Phi) is 2.64. The van der Waals surface area contributed by atoms with Crippen LogP contribution < -0.4 is 0 Å². The van der Waals surface area contributed by atoms with Crippen molar-refractivity contribution in [1.82, 2.24) is 0 Å². The van der Waals surface area contributed by atoms with Gasteiger partial charge < -0.3 is 4.84 Å². The van der Waals surface area contributed by atoms with Crippen molar-refractivity contribution in [3.8, 4) is 0 Å². The standard InChI is InChI=1S/C6H9NOS/c1-8-7-4-6-2-3-9-5-6/h4-5H,2-3H2,1H3. The third kappa shape index (κ3) is 2.10. The monoisotopic (exact) mass is 143 g/mol.